The van der Waals surface area contributed by atoms with E-state index < -0.39 is 11.1 Å². The van der Waals surface area contributed by atoms with Gasteiger partial charge in [0, 0.05) is 35.6 Å². The maximum atomic E-state index is 13.8. The highest BCUT2D eigenvalue weighted by molar-refractivity contribution is 9.10. The first-order valence-corrected chi connectivity index (χ1v) is 16.3. The number of aliphatic hydroxyl groups is 1. The van der Waals surface area contributed by atoms with Crippen LogP contribution in [0.25, 0.3) is 39.1 Å². The fourth-order valence-corrected chi connectivity index (χ4v) is 7.96. The van der Waals surface area contributed by atoms with Crippen molar-refractivity contribution < 1.29 is 14.7 Å². The summed E-state index contributed by atoms with van der Waals surface area (Å²) in [5.41, 5.74) is 5.68. The molecule has 1 N–H and O–H groups in total. The van der Waals surface area contributed by atoms with Crippen LogP contribution >= 0.6 is 15.9 Å². The third-order valence-corrected chi connectivity index (χ3v) is 11.0. The van der Waals surface area contributed by atoms with Crippen LogP contribution in [0.1, 0.15) is 57.7 Å². The summed E-state index contributed by atoms with van der Waals surface area (Å²) in [6.07, 6.45) is 4.43. The Labute approximate surface area is 272 Å². The SMILES string of the molecule is Cc1nn2c(ncc3cc(-c4ccccc4)c(-c4ccc([C@]5(N6C(=O)c7ccccc7C6=O)C[C@@](O)(C6CC6)C5)cc4)nc32)c1Br. The Morgan fingerprint density at radius 2 is 1.48 bits per heavy atom. The molecule has 46 heavy (non-hydrogen) atoms. The number of halogens is 1. The normalized spacial score (nSPS) is 22.5. The van der Waals surface area contributed by atoms with Crippen LogP contribution in [0.4, 0.5) is 0 Å². The van der Waals surface area contributed by atoms with E-state index in [0.717, 1.165) is 56.3 Å². The lowest BCUT2D eigenvalue weighted by molar-refractivity contribution is -0.143. The Balaban J connectivity index is 1.19. The summed E-state index contributed by atoms with van der Waals surface area (Å²) in [5.74, 6) is -0.394. The van der Waals surface area contributed by atoms with Gasteiger partial charge in [0.15, 0.2) is 11.3 Å². The molecule has 2 fully saturated rings. The van der Waals surface area contributed by atoms with E-state index in [1.165, 1.54) is 4.90 Å². The van der Waals surface area contributed by atoms with E-state index in [4.69, 9.17) is 10.1 Å². The van der Waals surface area contributed by atoms with Gasteiger partial charge in [0.25, 0.3) is 11.8 Å². The molecular weight excluding hydrogens is 642 g/mol. The molecule has 2 saturated carbocycles. The van der Waals surface area contributed by atoms with E-state index in [1.807, 2.05) is 55.6 Å². The monoisotopic (exact) mass is 669 g/mol. The van der Waals surface area contributed by atoms with Crippen LogP contribution in [-0.2, 0) is 5.54 Å². The number of nitrogens with zero attached hydrogens (tertiary/aromatic N) is 5. The van der Waals surface area contributed by atoms with E-state index in [-0.39, 0.29) is 17.7 Å². The van der Waals surface area contributed by atoms with Crippen LogP contribution in [0.3, 0.4) is 0 Å². The van der Waals surface area contributed by atoms with Gasteiger partial charge in [0.2, 0.25) is 0 Å². The number of carbonyl (C=O) groups is 2. The Morgan fingerprint density at radius 3 is 2.13 bits per heavy atom. The number of aromatic nitrogens is 4. The molecule has 0 spiro atoms. The van der Waals surface area contributed by atoms with Crippen molar-refractivity contribution in [3.8, 4) is 22.4 Å². The third kappa shape index (κ3) is 3.85. The molecule has 3 aliphatic rings. The Hall–Kier alpha value is -4.73. The molecule has 0 radical (unpaired) electrons. The highest BCUT2D eigenvalue weighted by atomic mass is 79.9. The van der Waals surface area contributed by atoms with Crippen LogP contribution in [-0.4, -0.2) is 47.0 Å². The minimum absolute atomic E-state index is 0.211. The van der Waals surface area contributed by atoms with E-state index in [9.17, 15) is 14.7 Å². The van der Waals surface area contributed by atoms with Crippen LogP contribution in [0.2, 0.25) is 0 Å². The number of benzene rings is 3. The average Bonchev–Trinajstić information content (AvgIpc) is 3.85. The summed E-state index contributed by atoms with van der Waals surface area (Å²) in [6.45, 7) is 1.93. The second-order valence-corrected chi connectivity index (χ2v) is 13.7. The van der Waals surface area contributed by atoms with Crippen molar-refractivity contribution in [3.63, 3.8) is 0 Å². The zero-order chi connectivity index (χ0) is 31.4. The number of fused-ring (bicyclic) bond motifs is 4. The van der Waals surface area contributed by atoms with E-state index in [1.54, 1.807) is 28.8 Å². The van der Waals surface area contributed by atoms with Crippen LogP contribution < -0.4 is 0 Å². The Bertz CT molecular complexity index is 2220. The Morgan fingerprint density at radius 1 is 0.826 bits per heavy atom. The average molecular weight is 671 g/mol. The molecule has 0 bridgehead atoms. The van der Waals surface area contributed by atoms with Crippen molar-refractivity contribution in [2.75, 3.05) is 0 Å². The molecule has 6 aromatic rings. The van der Waals surface area contributed by atoms with Gasteiger partial charge in [0.05, 0.1) is 38.1 Å². The summed E-state index contributed by atoms with van der Waals surface area (Å²) in [4.78, 5) is 38.8. The lowest BCUT2D eigenvalue weighted by Gasteiger charge is -2.57. The maximum absolute atomic E-state index is 13.8. The van der Waals surface area contributed by atoms with Gasteiger partial charge in [-0.1, -0.05) is 66.7 Å². The molecule has 2 amide bonds. The molecule has 9 heteroatoms. The smallest absolute Gasteiger partial charge is 0.262 e. The zero-order valence-electron chi connectivity index (χ0n) is 24.9. The fourth-order valence-electron chi connectivity index (χ4n) is 7.61. The second kappa shape index (κ2) is 9.64. The van der Waals surface area contributed by atoms with E-state index in [0.29, 0.717) is 35.3 Å². The van der Waals surface area contributed by atoms with Gasteiger partial charge in [-0.2, -0.15) is 9.61 Å². The number of pyridine rings is 1. The first-order valence-electron chi connectivity index (χ1n) is 15.5. The molecular formula is C37H28BrN5O3. The predicted octanol–water partition coefficient (Wildman–Crippen LogP) is 7.11. The first-order chi connectivity index (χ1) is 22.3. The van der Waals surface area contributed by atoms with Gasteiger partial charge in [-0.25, -0.2) is 9.97 Å². The third-order valence-electron chi connectivity index (χ3n) is 10.1. The summed E-state index contributed by atoms with van der Waals surface area (Å²) >= 11 is 3.61. The summed E-state index contributed by atoms with van der Waals surface area (Å²) in [6, 6.07) is 27.2. The highest BCUT2D eigenvalue weighted by Crippen LogP contribution is 2.61. The lowest BCUT2D eigenvalue weighted by atomic mass is 9.58. The quantitative estimate of drug-likeness (QED) is 0.196. The molecule has 2 aliphatic carbocycles. The maximum Gasteiger partial charge on any atom is 0.262 e. The van der Waals surface area contributed by atoms with Crippen LogP contribution in [0, 0.1) is 12.8 Å². The molecule has 1 aliphatic heterocycles. The number of hydrogen-bond donors (Lipinski definition) is 1. The molecule has 0 unspecified atom stereocenters. The standard InChI is InChI=1S/C37H28BrN5O3/c1-21-30(38)33-39-18-24-17-29(22-7-3-2-4-8-22)31(40-32(24)43(33)41-21)23-11-13-25(14-12-23)36(19-37(46,20-36)26-15-16-26)42-34(44)27-9-5-6-10-28(27)35(42)45/h2-14,17-18,26,46H,15-16,19-20H2,1H3/t36-,37-. The molecule has 9 rings (SSSR count). The highest BCUT2D eigenvalue weighted by Gasteiger charge is 2.66. The Kier molecular flexibility index (Phi) is 5.78. The van der Waals surface area contributed by atoms with Crippen molar-refractivity contribution in [2.24, 2.45) is 5.92 Å². The number of rotatable bonds is 5. The molecule has 3 aromatic carbocycles. The van der Waals surface area contributed by atoms with Gasteiger partial charge in [-0.15, -0.1) is 0 Å². The van der Waals surface area contributed by atoms with Gasteiger partial charge < -0.3 is 5.11 Å². The van der Waals surface area contributed by atoms with Crippen molar-refractivity contribution in [1.29, 1.82) is 0 Å². The summed E-state index contributed by atoms with van der Waals surface area (Å²) in [5, 5.41) is 17.1. The lowest BCUT2D eigenvalue weighted by Crippen LogP contribution is -2.65. The van der Waals surface area contributed by atoms with Crippen molar-refractivity contribution >= 4 is 44.4 Å². The number of amides is 2. The number of hydrogen-bond acceptors (Lipinski definition) is 6. The van der Waals surface area contributed by atoms with E-state index >= 15 is 0 Å². The van der Waals surface area contributed by atoms with Gasteiger partial charge in [0.1, 0.15) is 0 Å². The summed E-state index contributed by atoms with van der Waals surface area (Å²) in [7, 11) is 0. The number of imide groups is 1. The molecule has 0 saturated heterocycles. The van der Waals surface area contributed by atoms with Crippen molar-refractivity contribution in [1.82, 2.24) is 24.5 Å². The van der Waals surface area contributed by atoms with E-state index in [2.05, 4.69) is 39.1 Å². The number of aryl methyl sites for hydroxylation is 1. The zero-order valence-corrected chi connectivity index (χ0v) is 26.5. The summed E-state index contributed by atoms with van der Waals surface area (Å²) < 4.78 is 2.60. The minimum Gasteiger partial charge on any atom is -0.389 e. The second-order valence-electron chi connectivity index (χ2n) is 12.9. The molecule has 8 nitrogen and oxygen atoms in total. The minimum atomic E-state index is -0.932. The molecule has 226 valence electrons. The first kappa shape index (κ1) is 27.6. The molecule has 4 heterocycles. The molecule has 3 aromatic heterocycles. The van der Waals surface area contributed by atoms with Crippen LogP contribution in [0.5, 0.6) is 0 Å². The van der Waals surface area contributed by atoms with Gasteiger partial charge in [-0.05, 0) is 70.9 Å². The predicted molar refractivity (Wildman–Crippen MR) is 177 cm³/mol. The van der Waals surface area contributed by atoms with Crippen LogP contribution in [0.15, 0.2) is 95.6 Å². The van der Waals surface area contributed by atoms with Gasteiger partial charge >= 0.3 is 0 Å². The van der Waals surface area contributed by atoms with Crippen molar-refractivity contribution in [2.45, 2.75) is 43.7 Å². The molecule has 0 atom stereocenters. The number of carbonyl (C=O) groups excluding carboxylic acids is 2. The van der Waals surface area contributed by atoms with Gasteiger partial charge in [-0.3, -0.25) is 14.5 Å². The topological polar surface area (TPSA) is 101 Å². The van der Waals surface area contributed by atoms with Crippen molar-refractivity contribution in [3.05, 3.63) is 118 Å². The largest absolute Gasteiger partial charge is 0.389 e. The fraction of sp³-hybridized carbons (Fsp3) is 0.216.